The van der Waals surface area contributed by atoms with E-state index in [0.29, 0.717) is 17.7 Å². The summed E-state index contributed by atoms with van der Waals surface area (Å²) in [7, 11) is 0. The van der Waals surface area contributed by atoms with E-state index in [1.54, 1.807) is 24.3 Å². The summed E-state index contributed by atoms with van der Waals surface area (Å²) in [6.45, 7) is 3.73. The molecule has 0 spiro atoms. The number of hydrogen-bond acceptors (Lipinski definition) is 3. The molecule has 86 valence electrons. The molecule has 0 aliphatic rings. The third kappa shape index (κ3) is 3.17. The third-order valence-corrected chi connectivity index (χ3v) is 2.28. The van der Waals surface area contributed by atoms with E-state index >= 15 is 0 Å². The molecule has 16 heavy (non-hydrogen) atoms. The summed E-state index contributed by atoms with van der Waals surface area (Å²) in [5, 5.41) is 2.75. The first-order chi connectivity index (χ1) is 7.54. The van der Waals surface area contributed by atoms with Crippen molar-refractivity contribution in [2.75, 3.05) is 6.54 Å². The lowest BCUT2D eigenvalue weighted by molar-refractivity contribution is 0.0939. The van der Waals surface area contributed by atoms with E-state index < -0.39 is 0 Å². The molecule has 4 heteroatoms. The first-order valence-corrected chi connectivity index (χ1v) is 5.16. The first-order valence-electron chi connectivity index (χ1n) is 5.16. The Balaban J connectivity index is 2.74. The van der Waals surface area contributed by atoms with E-state index in [0.717, 1.165) is 0 Å². The quantitative estimate of drug-likeness (QED) is 0.742. The second-order valence-corrected chi connectivity index (χ2v) is 3.74. The van der Waals surface area contributed by atoms with Crippen LogP contribution in [0.15, 0.2) is 24.3 Å². The molecule has 0 aromatic heterocycles. The van der Waals surface area contributed by atoms with Crippen molar-refractivity contribution in [3.05, 3.63) is 35.4 Å². The van der Waals surface area contributed by atoms with Crippen LogP contribution in [-0.4, -0.2) is 24.3 Å². The van der Waals surface area contributed by atoms with Crippen molar-refractivity contribution in [1.82, 2.24) is 5.32 Å². The molecular weight excluding hydrogens is 204 g/mol. The SMILES string of the molecule is CC(=O)c1ccc(C(=O)N[C@@H](C)CN)cc1. The monoisotopic (exact) mass is 220 g/mol. The van der Waals surface area contributed by atoms with Gasteiger partial charge in [-0.15, -0.1) is 0 Å². The summed E-state index contributed by atoms with van der Waals surface area (Å²) in [6, 6.07) is 6.50. The minimum atomic E-state index is -0.173. The van der Waals surface area contributed by atoms with Crippen LogP contribution in [0.1, 0.15) is 34.6 Å². The molecule has 4 nitrogen and oxygen atoms in total. The Morgan fingerprint density at radius 3 is 2.19 bits per heavy atom. The van der Waals surface area contributed by atoms with E-state index in [2.05, 4.69) is 5.32 Å². The second-order valence-electron chi connectivity index (χ2n) is 3.74. The fraction of sp³-hybridized carbons (Fsp3) is 0.333. The zero-order chi connectivity index (χ0) is 12.1. The number of nitrogens with one attached hydrogen (secondary N) is 1. The molecule has 0 saturated heterocycles. The Hall–Kier alpha value is -1.68. The molecule has 0 radical (unpaired) electrons. The van der Waals surface area contributed by atoms with E-state index in [4.69, 9.17) is 5.73 Å². The molecule has 1 amide bonds. The van der Waals surface area contributed by atoms with Crippen molar-refractivity contribution in [1.29, 1.82) is 0 Å². The first kappa shape index (κ1) is 12.4. The molecule has 0 unspecified atom stereocenters. The van der Waals surface area contributed by atoms with Gasteiger partial charge in [0.2, 0.25) is 0 Å². The number of rotatable bonds is 4. The van der Waals surface area contributed by atoms with Gasteiger partial charge in [-0.3, -0.25) is 9.59 Å². The normalized spacial score (nSPS) is 11.9. The molecule has 0 aliphatic carbocycles. The lowest BCUT2D eigenvalue weighted by Crippen LogP contribution is -2.37. The van der Waals surface area contributed by atoms with Crippen molar-refractivity contribution < 1.29 is 9.59 Å². The lowest BCUT2D eigenvalue weighted by atomic mass is 10.1. The van der Waals surface area contributed by atoms with Crippen LogP contribution in [0.3, 0.4) is 0 Å². The van der Waals surface area contributed by atoms with E-state index in [1.807, 2.05) is 6.92 Å². The molecule has 1 aromatic carbocycles. The average Bonchev–Trinajstić information content (AvgIpc) is 2.28. The number of carbonyl (C=O) groups is 2. The summed E-state index contributed by atoms with van der Waals surface area (Å²) in [5.74, 6) is -0.185. The maximum atomic E-state index is 11.6. The van der Waals surface area contributed by atoms with Crippen LogP contribution in [0.5, 0.6) is 0 Å². The van der Waals surface area contributed by atoms with Crippen LogP contribution in [0.25, 0.3) is 0 Å². The predicted octanol–water partition coefficient (Wildman–Crippen LogP) is 0.966. The van der Waals surface area contributed by atoms with Gasteiger partial charge in [0.25, 0.3) is 5.91 Å². The lowest BCUT2D eigenvalue weighted by Gasteiger charge is -2.11. The zero-order valence-electron chi connectivity index (χ0n) is 9.49. The molecule has 0 saturated carbocycles. The fourth-order valence-corrected chi connectivity index (χ4v) is 1.22. The van der Waals surface area contributed by atoms with Crippen LogP contribution in [-0.2, 0) is 0 Å². The van der Waals surface area contributed by atoms with Crippen molar-refractivity contribution in [3.63, 3.8) is 0 Å². The highest BCUT2D eigenvalue weighted by Gasteiger charge is 2.08. The minimum absolute atomic E-state index is 0.0118. The number of nitrogens with two attached hydrogens (primary N) is 1. The summed E-state index contributed by atoms with van der Waals surface area (Å²) < 4.78 is 0. The Labute approximate surface area is 94.8 Å². The molecule has 1 atom stereocenters. The van der Waals surface area contributed by atoms with Crippen LogP contribution >= 0.6 is 0 Å². The van der Waals surface area contributed by atoms with Crippen molar-refractivity contribution >= 4 is 11.7 Å². The average molecular weight is 220 g/mol. The van der Waals surface area contributed by atoms with Gasteiger partial charge >= 0.3 is 0 Å². The Kier molecular flexibility index (Phi) is 4.19. The number of benzene rings is 1. The molecule has 1 aromatic rings. The van der Waals surface area contributed by atoms with Gasteiger partial charge in [-0.25, -0.2) is 0 Å². The number of carbonyl (C=O) groups excluding carboxylic acids is 2. The van der Waals surface area contributed by atoms with Gasteiger partial charge < -0.3 is 11.1 Å². The van der Waals surface area contributed by atoms with Crippen LogP contribution in [0, 0.1) is 0 Å². The van der Waals surface area contributed by atoms with Crippen LogP contribution in [0.4, 0.5) is 0 Å². The van der Waals surface area contributed by atoms with Crippen molar-refractivity contribution in [3.8, 4) is 0 Å². The fourth-order valence-electron chi connectivity index (χ4n) is 1.22. The standard InChI is InChI=1S/C12H16N2O2/c1-8(7-13)14-12(16)11-5-3-10(4-6-11)9(2)15/h3-6,8H,7,13H2,1-2H3,(H,14,16)/t8-/m0/s1. The van der Waals surface area contributed by atoms with Gasteiger partial charge in [-0.05, 0) is 26.0 Å². The second kappa shape index (κ2) is 5.42. The number of ketones is 1. The third-order valence-electron chi connectivity index (χ3n) is 2.28. The smallest absolute Gasteiger partial charge is 0.251 e. The van der Waals surface area contributed by atoms with E-state index in [1.165, 1.54) is 6.92 Å². The topological polar surface area (TPSA) is 72.2 Å². The van der Waals surface area contributed by atoms with Crippen molar-refractivity contribution in [2.24, 2.45) is 5.73 Å². The summed E-state index contributed by atoms with van der Waals surface area (Å²) in [6.07, 6.45) is 0. The number of Topliss-reactive ketones (excluding diaryl/α,β-unsaturated/α-hetero) is 1. The van der Waals surface area contributed by atoms with E-state index in [9.17, 15) is 9.59 Å². The summed E-state index contributed by atoms with van der Waals surface area (Å²) >= 11 is 0. The Morgan fingerprint density at radius 2 is 1.75 bits per heavy atom. The Bertz CT molecular complexity index is 385. The molecule has 0 heterocycles. The summed E-state index contributed by atoms with van der Waals surface area (Å²) in [5.41, 5.74) is 6.54. The highest BCUT2D eigenvalue weighted by Crippen LogP contribution is 2.05. The van der Waals surface area contributed by atoms with Gasteiger partial charge in [0.15, 0.2) is 5.78 Å². The van der Waals surface area contributed by atoms with Gasteiger partial charge in [0.1, 0.15) is 0 Å². The largest absolute Gasteiger partial charge is 0.348 e. The van der Waals surface area contributed by atoms with Gasteiger partial charge in [-0.1, -0.05) is 12.1 Å². The van der Waals surface area contributed by atoms with Gasteiger partial charge in [-0.2, -0.15) is 0 Å². The maximum absolute atomic E-state index is 11.6. The minimum Gasteiger partial charge on any atom is -0.348 e. The molecule has 0 bridgehead atoms. The number of hydrogen-bond donors (Lipinski definition) is 2. The van der Waals surface area contributed by atoms with Gasteiger partial charge in [0.05, 0.1) is 0 Å². The highest BCUT2D eigenvalue weighted by atomic mass is 16.1. The molecule has 1 rings (SSSR count). The zero-order valence-corrected chi connectivity index (χ0v) is 9.49. The van der Waals surface area contributed by atoms with Gasteiger partial charge in [0, 0.05) is 23.7 Å². The number of amides is 1. The molecular formula is C12H16N2O2. The van der Waals surface area contributed by atoms with E-state index in [-0.39, 0.29) is 17.7 Å². The predicted molar refractivity (Wildman–Crippen MR) is 62.4 cm³/mol. The maximum Gasteiger partial charge on any atom is 0.251 e. The molecule has 0 aliphatic heterocycles. The Morgan fingerprint density at radius 1 is 1.25 bits per heavy atom. The molecule has 3 N–H and O–H groups in total. The molecule has 0 fully saturated rings. The van der Waals surface area contributed by atoms with Crippen LogP contribution in [0.2, 0.25) is 0 Å². The van der Waals surface area contributed by atoms with Crippen LogP contribution < -0.4 is 11.1 Å². The van der Waals surface area contributed by atoms with Crippen molar-refractivity contribution in [2.45, 2.75) is 19.9 Å². The summed E-state index contributed by atoms with van der Waals surface area (Å²) in [4.78, 5) is 22.7. The highest BCUT2D eigenvalue weighted by molar-refractivity contribution is 5.97.